The summed E-state index contributed by atoms with van der Waals surface area (Å²) in [6.45, 7) is 2.98. The molecule has 0 bridgehead atoms. The summed E-state index contributed by atoms with van der Waals surface area (Å²) in [5.74, 6) is 0. The van der Waals surface area contributed by atoms with Gasteiger partial charge in [-0.25, -0.2) is 0 Å². The van der Waals surface area contributed by atoms with E-state index in [1.165, 1.54) is 0 Å². The van der Waals surface area contributed by atoms with Crippen LogP contribution in [-0.4, -0.2) is 24.3 Å². The van der Waals surface area contributed by atoms with Crippen LogP contribution in [0.2, 0.25) is 10.0 Å². The Bertz CT molecular complexity index is 331. The Labute approximate surface area is 107 Å². The summed E-state index contributed by atoms with van der Waals surface area (Å²) in [7, 11) is 0. The second-order valence-electron chi connectivity index (χ2n) is 3.85. The van der Waals surface area contributed by atoms with Crippen molar-refractivity contribution in [3.8, 4) is 0 Å². The van der Waals surface area contributed by atoms with Crippen LogP contribution in [0.3, 0.4) is 0 Å². The van der Waals surface area contributed by atoms with E-state index in [0.29, 0.717) is 10.0 Å². The number of halogens is 2. The Balaban J connectivity index is 2.35. The molecule has 1 atom stereocenters. The zero-order valence-corrected chi connectivity index (χ0v) is 10.9. The molecule has 2 nitrogen and oxygen atoms in total. The molecule has 1 rings (SSSR count). The van der Waals surface area contributed by atoms with Crippen molar-refractivity contribution >= 4 is 23.2 Å². The molecule has 0 saturated heterocycles. The molecular formula is C12H17Cl2NO. The van der Waals surface area contributed by atoms with Gasteiger partial charge in [0, 0.05) is 6.04 Å². The molecule has 4 heteroatoms. The third-order valence-corrected chi connectivity index (χ3v) is 3.28. The molecule has 1 unspecified atom stereocenters. The fourth-order valence-corrected chi connectivity index (χ4v) is 1.85. The van der Waals surface area contributed by atoms with Crippen molar-refractivity contribution in [1.29, 1.82) is 0 Å². The van der Waals surface area contributed by atoms with Crippen LogP contribution >= 0.6 is 23.2 Å². The number of nitrogens with one attached hydrogen (secondary N) is 1. The number of aryl methyl sites for hydroxylation is 1. The Morgan fingerprint density at radius 3 is 2.81 bits per heavy atom. The number of benzene rings is 1. The summed E-state index contributed by atoms with van der Waals surface area (Å²) >= 11 is 12.0. The monoisotopic (exact) mass is 261 g/mol. The van der Waals surface area contributed by atoms with Crippen molar-refractivity contribution in [3.05, 3.63) is 33.8 Å². The van der Waals surface area contributed by atoms with E-state index in [1.807, 2.05) is 19.1 Å². The van der Waals surface area contributed by atoms with Crippen molar-refractivity contribution in [3.63, 3.8) is 0 Å². The highest BCUT2D eigenvalue weighted by Crippen LogP contribution is 2.26. The number of hydrogen-bond acceptors (Lipinski definition) is 2. The van der Waals surface area contributed by atoms with E-state index in [0.717, 1.165) is 24.9 Å². The summed E-state index contributed by atoms with van der Waals surface area (Å²) in [5.41, 5.74) is 1.08. The fourth-order valence-electron chi connectivity index (χ4n) is 1.43. The quantitative estimate of drug-likeness (QED) is 0.772. The van der Waals surface area contributed by atoms with Gasteiger partial charge in [-0.2, -0.15) is 0 Å². The Kier molecular flexibility index (Phi) is 6.14. The lowest BCUT2D eigenvalue weighted by atomic mass is 10.1. The van der Waals surface area contributed by atoms with Crippen LogP contribution in [0.25, 0.3) is 0 Å². The van der Waals surface area contributed by atoms with Gasteiger partial charge in [-0.05, 0) is 37.9 Å². The molecule has 16 heavy (non-hydrogen) atoms. The standard InChI is InChI=1S/C12H17Cl2NO/c1-9(8-16)15-7-3-5-10-4-2-6-11(13)12(10)14/h2,4,6,9,15-16H,3,5,7-8H2,1H3. The molecule has 0 heterocycles. The normalized spacial score (nSPS) is 12.8. The van der Waals surface area contributed by atoms with Gasteiger partial charge in [0.25, 0.3) is 0 Å². The minimum atomic E-state index is 0.148. The van der Waals surface area contributed by atoms with Crippen LogP contribution in [0.4, 0.5) is 0 Å². The lowest BCUT2D eigenvalue weighted by molar-refractivity contribution is 0.251. The lowest BCUT2D eigenvalue weighted by Gasteiger charge is -2.10. The van der Waals surface area contributed by atoms with E-state index < -0.39 is 0 Å². The van der Waals surface area contributed by atoms with Gasteiger partial charge in [-0.3, -0.25) is 0 Å². The molecule has 0 aliphatic carbocycles. The number of hydrogen-bond donors (Lipinski definition) is 2. The molecule has 2 N–H and O–H groups in total. The molecule has 0 fully saturated rings. The maximum absolute atomic E-state index is 8.83. The van der Waals surface area contributed by atoms with Crippen molar-refractivity contribution in [1.82, 2.24) is 5.32 Å². The van der Waals surface area contributed by atoms with Crippen molar-refractivity contribution < 1.29 is 5.11 Å². The molecule has 0 saturated carbocycles. The Morgan fingerprint density at radius 2 is 2.12 bits per heavy atom. The van der Waals surface area contributed by atoms with Crippen molar-refractivity contribution in [2.45, 2.75) is 25.8 Å². The van der Waals surface area contributed by atoms with Crippen LogP contribution in [0.5, 0.6) is 0 Å². The van der Waals surface area contributed by atoms with Gasteiger partial charge >= 0.3 is 0 Å². The van der Waals surface area contributed by atoms with Crippen LogP contribution < -0.4 is 5.32 Å². The molecule has 0 amide bonds. The Hall–Kier alpha value is -0.280. The molecule has 0 aliphatic rings. The zero-order chi connectivity index (χ0) is 12.0. The Morgan fingerprint density at radius 1 is 1.38 bits per heavy atom. The first-order valence-corrected chi connectivity index (χ1v) is 6.18. The molecule has 1 aromatic carbocycles. The van der Waals surface area contributed by atoms with Gasteiger partial charge in [-0.15, -0.1) is 0 Å². The van der Waals surface area contributed by atoms with E-state index in [2.05, 4.69) is 5.32 Å². The zero-order valence-electron chi connectivity index (χ0n) is 9.34. The smallest absolute Gasteiger partial charge is 0.0624 e. The minimum absolute atomic E-state index is 0.148. The molecule has 1 aromatic rings. The molecule has 0 spiro atoms. The molecular weight excluding hydrogens is 245 g/mol. The topological polar surface area (TPSA) is 32.3 Å². The van der Waals surface area contributed by atoms with Gasteiger partial charge in [0.1, 0.15) is 0 Å². The van der Waals surface area contributed by atoms with E-state index in [1.54, 1.807) is 6.07 Å². The third-order valence-electron chi connectivity index (χ3n) is 2.42. The first-order valence-electron chi connectivity index (χ1n) is 5.42. The van der Waals surface area contributed by atoms with Crippen LogP contribution in [-0.2, 0) is 6.42 Å². The lowest BCUT2D eigenvalue weighted by Crippen LogP contribution is -2.30. The second-order valence-corrected chi connectivity index (χ2v) is 4.64. The number of rotatable bonds is 6. The number of aliphatic hydroxyl groups excluding tert-OH is 1. The van der Waals surface area contributed by atoms with Gasteiger partial charge in [0.05, 0.1) is 16.7 Å². The fraction of sp³-hybridized carbons (Fsp3) is 0.500. The van der Waals surface area contributed by atoms with Crippen LogP contribution in [0.15, 0.2) is 18.2 Å². The molecule has 0 radical (unpaired) electrons. The van der Waals surface area contributed by atoms with E-state index in [-0.39, 0.29) is 12.6 Å². The highest BCUT2D eigenvalue weighted by atomic mass is 35.5. The summed E-state index contributed by atoms with van der Waals surface area (Å²) in [6.07, 6.45) is 1.87. The first kappa shape index (κ1) is 13.8. The summed E-state index contributed by atoms with van der Waals surface area (Å²) in [6, 6.07) is 5.84. The maximum Gasteiger partial charge on any atom is 0.0624 e. The average Bonchev–Trinajstić information content (AvgIpc) is 2.29. The highest BCUT2D eigenvalue weighted by Gasteiger charge is 2.04. The average molecular weight is 262 g/mol. The van der Waals surface area contributed by atoms with E-state index in [9.17, 15) is 0 Å². The van der Waals surface area contributed by atoms with Gasteiger partial charge < -0.3 is 10.4 Å². The molecule has 0 aromatic heterocycles. The van der Waals surface area contributed by atoms with Crippen LogP contribution in [0.1, 0.15) is 18.9 Å². The third kappa shape index (κ3) is 4.30. The first-order chi connectivity index (χ1) is 7.65. The predicted octanol–water partition coefficient (Wildman–Crippen LogP) is 2.90. The van der Waals surface area contributed by atoms with Crippen molar-refractivity contribution in [2.24, 2.45) is 0 Å². The summed E-state index contributed by atoms with van der Waals surface area (Å²) < 4.78 is 0. The van der Waals surface area contributed by atoms with Gasteiger partial charge in [-0.1, -0.05) is 35.3 Å². The van der Waals surface area contributed by atoms with E-state index in [4.69, 9.17) is 28.3 Å². The SMILES string of the molecule is CC(CO)NCCCc1cccc(Cl)c1Cl. The van der Waals surface area contributed by atoms with Crippen LogP contribution in [0, 0.1) is 0 Å². The molecule has 90 valence electrons. The second kappa shape index (κ2) is 7.13. The predicted molar refractivity (Wildman–Crippen MR) is 69.3 cm³/mol. The summed E-state index contributed by atoms with van der Waals surface area (Å²) in [5, 5.41) is 13.3. The van der Waals surface area contributed by atoms with Crippen molar-refractivity contribution in [2.75, 3.05) is 13.2 Å². The molecule has 0 aliphatic heterocycles. The highest BCUT2D eigenvalue weighted by molar-refractivity contribution is 6.42. The number of aliphatic hydroxyl groups is 1. The largest absolute Gasteiger partial charge is 0.395 e. The summed E-state index contributed by atoms with van der Waals surface area (Å²) in [4.78, 5) is 0. The minimum Gasteiger partial charge on any atom is -0.395 e. The maximum atomic E-state index is 8.83. The van der Waals surface area contributed by atoms with Gasteiger partial charge in [0.2, 0.25) is 0 Å². The van der Waals surface area contributed by atoms with E-state index >= 15 is 0 Å². The van der Waals surface area contributed by atoms with Gasteiger partial charge in [0.15, 0.2) is 0 Å².